The van der Waals surface area contributed by atoms with E-state index in [2.05, 4.69) is 26.2 Å². The van der Waals surface area contributed by atoms with Crippen molar-refractivity contribution >= 4 is 0 Å². The summed E-state index contributed by atoms with van der Waals surface area (Å²) in [6.45, 7) is 8.72. The van der Waals surface area contributed by atoms with Crippen LogP contribution in [0.1, 0.15) is 59.8 Å². The molecule has 1 nitrogen and oxygen atoms in total. The zero-order valence-electron chi connectivity index (χ0n) is 10.8. The molecule has 1 unspecified atom stereocenters. The third-order valence-corrected chi connectivity index (χ3v) is 3.63. The Morgan fingerprint density at radius 2 is 1.64 bits per heavy atom. The molecule has 0 aromatic heterocycles. The van der Waals surface area contributed by atoms with Crippen LogP contribution in [0.25, 0.3) is 0 Å². The molecule has 0 bridgehead atoms. The smallest absolute Gasteiger partial charge is 0.00642 e. The van der Waals surface area contributed by atoms with Crippen molar-refractivity contribution < 1.29 is 0 Å². The van der Waals surface area contributed by atoms with E-state index in [1.54, 1.807) is 0 Å². The SMILES string of the molecule is CC.CCC(C)C1CCC(NC)CC1. The molecular weight excluding hydrogens is 170 g/mol. The zero-order chi connectivity index (χ0) is 11.0. The second-order valence-corrected chi connectivity index (χ2v) is 4.29. The summed E-state index contributed by atoms with van der Waals surface area (Å²) < 4.78 is 0. The van der Waals surface area contributed by atoms with Crippen LogP contribution in [0.3, 0.4) is 0 Å². The summed E-state index contributed by atoms with van der Waals surface area (Å²) in [4.78, 5) is 0. The molecule has 0 aromatic rings. The van der Waals surface area contributed by atoms with Crippen LogP contribution in [-0.2, 0) is 0 Å². The van der Waals surface area contributed by atoms with Gasteiger partial charge in [-0.15, -0.1) is 0 Å². The lowest BCUT2D eigenvalue weighted by atomic mass is 9.78. The molecule has 1 aliphatic carbocycles. The Morgan fingerprint density at radius 3 is 2.00 bits per heavy atom. The monoisotopic (exact) mass is 199 g/mol. The molecule has 1 heteroatoms. The minimum Gasteiger partial charge on any atom is -0.317 e. The third kappa shape index (κ3) is 4.45. The molecule has 0 amide bonds. The number of hydrogen-bond donors (Lipinski definition) is 1. The minimum atomic E-state index is 0.810. The van der Waals surface area contributed by atoms with E-state index in [-0.39, 0.29) is 0 Å². The van der Waals surface area contributed by atoms with Gasteiger partial charge in [0, 0.05) is 6.04 Å². The first-order valence-corrected chi connectivity index (χ1v) is 6.45. The normalized spacial score (nSPS) is 28.9. The van der Waals surface area contributed by atoms with E-state index in [4.69, 9.17) is 0 Å². The van der Waals surface area contributed by atoms with Gasteiger partial charge in [0.05, 0.1) is 0 Å². The number of hydrogen-bond acceptors (Lipinski definition) is 1. The fourth-order valence-electron chi connectivity index (χ4n) is 2.31. The van der Waals surface area contributed by atoms with Gasteiger partial charge >= 0.3 is 0 Å². The molecule has 1 atom stereocenters. The minimum absolute atomic E-state index is 0.810. The molecule has 0 aliphatic heterocycles. The van der Waals surface area contributed by atoms with Crippen molar-refractivity contribution in [1.82, 2.24) is 5.32 Å². The summed E-state index contributed by atoms with van der Waals surface area (Å²) >= 11 is 0. The molecule has 1 saturated carbocycles. The number of rotatable bonds is 3. The maximum Gasteiger partial charge on any atom is 0.00642 e. The summed E-state index contributed by atoms with van der Waals surface area (Å²) in [7, 11) is 2.09. The van der Waals surface area contributed by atoms with Crippen molar-refractivity contribution in [3.05, 3.63) is 0 Å². The van der Waals surface area contributed by atoms with Crippen LogP contribution in [0.4, 0.5) is 0 Å². The zero-order valence-corrected chi connectivity index (χ0v) is 10.8. The fourth-order valence-corrected chi connectivity index (χ4v) is 2.31. The van der Waals surface area contributed by atoms with Gasteiger partial charge in [-0.2, -0.15) is 0 Å². The molecular formula is C13H29N. The highest BCUT2D eigenvalue weighted by molar-refractivity contribution is 4.78. The molecule has 0 spiro atoms. The van der Waals surface area contributed by atoms with Crippen molar-refractivity contribution in [2.45, 2.75) is 65.8 Å². The molecule has 86 valence electrons. The van der Waals surface area contributed by atoms with Crippen LogP contribution in [0.15, 0.2) is 0 Å². The predicted octanol–water partition coefficient (Wildman–Crippen LogP) is 3.84. The van der Waals surface area contributed by atoms with E-state index < -0.39 is 0 Å². The van der Waals surface area contributed by atoms with Crippen LogP contribution < -0.4 is 5.32 Å². The molecule has 0 saturated heterocycles. The van der Waals surface area contributed by atoms with E-state index >= 15 is 0 Å². The Morgan fingerprint density at radius 1 is 1.14 bits per heavy atom. The first kappa shape index (κ1) is 14.0. The Kier molecular flexibility index (Phi) is 8.26. The van der Waals surface area contributed by atoms with Gasteiger partial charge in [0.1, 0.15) is 0 Å². The summed E-state index contributed by atoms with van der Waals surface area (Å²) in [5, 5.41) is 3.38. The Bertz CT molecular complexity index is 114. The summed E-state index contributed by atoms with van der Waals surface area (Å²) in [6.07, 6.45) is 7.03. The molecule has 0 heterocycles. The summed E-state index contributed by atoms with van der Waals surface area (Å²) in [5.41, 5.74) is 0. The first-order chi connectivity index (χ1) is 6.77. The second kappa shape index (κ2) is 8.28. The van der Waals surface area contributed by atoms with Gasteiger partial charge in [-0.3, -0.25) is 0 Å². The van der Waals surface area contributed by atoms with E-state index in [1.807, 2.05) is 13.8 Å². The highest BCUT2D eigenvalue weighted by Gasteiger charge is 2.22. The summed E-state index contributed by atoms with van der Waals surface area (Å²) in [5.74, 6) is 1.96. The van der Waals surface area contributed by atoms with E-state index in [0.717, 1.165) is 17.9 Å². The third-order valence-electron chi connectivity index (χ3n) is 3.63. The van der Waals surface area contributed by atoms with Gasteiger partial charge in [-0.05, 0) is 44.6 Å². The quantitative estimate of drug-likeness (QED) is 0.728. The maximum absolute atomic E-state index is 3.38. The van der Waals surface area contributed by atoms with Crippen molar-refractivity contribution in [2.24, 2.45) is 11.8 Å². The van der Waals surface area contributed by atoms with Gasteiger partial charge in [0.2, 0.25) is 0 Å². The van der Waals surface area contributed by atoms with E-state index in [0.29, 0.717) is 0 Å². The van der Waals surface area contributed by atoms with Crippen LogP contribution in [0.2, 0.25) is 0 Å². The second-order valence-electron chi connectivity index (χ2n) is 4.29. The average Bonchev–Trinajstić information content (AvgIpc) is 2.31. The van der Waals surface area contributed by atoms with Crippen LogP contribution in [0, 0.1) is 11.8 Å². The van der Waals surface area contributed by atoms with Crippen molar-refractivity contribution in [1.29, 1.82) is 0 Å². The Balaban J connectivity index is 0.000000791. The molecule has 1 fully saturated rings. The van der Waals surface area contributed by atoms with Crippen molar-refractivity contribution in [3.8, 4) is 0 Å². The van der Waals surface area contributed by atoms with Crippen LogP contribution in [0.5, 0.6) is 0 Å². The lowest BCUT2D eigenvalue weighted by molar-refractivity contribution is 0.229. The standard InChI is InChI=1S/C11H23N.C2H6/c1-4-9(2)10-5-7-11(12-3)8-6-10;1-2/h9-12H,4-8H2,1-3H3;1-2H3. The van der Waals surface area contributed by atoms with Gasteiger partial charge in [0.25, 0.3) is 0 Å². The lowest BCUT2D eigenvalue weighted by Crippen LogP contribution is -2.31. The molecule has 1 N–H and O–H groups in total. The average molecular weight is 199 g/mol. The molecule has 0 radical (unpaired) electrons. The topological polar surface area (TPSA) is 12.0 Å². The van der Waals surface area contributed by atoms with Gasteiger partial charge in [-0.25, -0.2) is 0 Å². The maximum atomic E-state index is 3.38. The van der Waals surface area contributed by atoms with Gasteiger partial charge < -0.3 is 5.32 Å². The van der Waals surface area contributed by atoms with Crippen molar-refractivity contribution in [2.75, 3.05) is 7.05 Å². The van der Waals surface area contributed by atoms with Crippen LogP contribution >= 0.6 is 0 Å². The van der Waals surface area contributed by atoms with Crippen LogP contribution in [-0.4, -0.2) is 13.1 Å². The Hall–Kier alpha value is -0.0400. The molecule has 14 heavy (non-hydrogen) atoms. The van der Waals surface area contributed by atoms with E-state index in [1.165, 1.54) is 32.1 Å². The first-order valence-electron chi connectivity index (χ1n) is 6.45. The summed E-state index contributed by atoms with van der Waals surface area (Å²) in [6, 6.07) is 0.810. The number of nitrogens with one attached hydrogen (secondary N) is 1. The molecule has 0 aromatic carbocycles. The van der Waals surface area contributed by atoms with Gasteiger partial charge in [-0.1, -0.05) is 34.1 Å². The van der Waals surface area contributed by atoms with Crippen molar-refractivity contribution in [3.63, 3.8) is 0 Å². The Labute approximate surface area is 90.7 Å². The van der Waals surface area contributed by atoms with E-state index in [9.17, 15) is 0 Å². The largest absolute Gasteiger partial charge is 0.317 e. The molecule has 1 rings (SSSR count). The highest BCUT2D eigenvalue weighted by atomic mass is 14.9. The highest BCUT2D eigenvalue weighted by Crippen LogP contribution is 2.31. The molecule has 1 aliphatic rings. The van der Waals surface area contributed by atoms with Gasteiger partial charge in [0.15, 0.2) is 0 Å². The lowest BCUT2D eigenvalue weighted by Gasteiger charge is -2.31. The fraction of sp³-hybridized carbons (Fsp3) is 1.00. The predicted molar refractivity (Wildman–Crippen MR) is 65.6 cm³/mol.